The van der Waals surface area contributed by atoms with E-state index in [2.05, 4.69) is 26.3 Å². The minimum Gasteiger partial charge on any atom is -0.344 e. The van der Waals surface area contributed by atoms with Crippen molar-refractivity contribution in [2.24, 2.45) is 5.10 Å². The van der Waals surface area contributed by atoms with Gasteiger partial charge in [0.2, 0.25) is 5.91 Å². The van der Waals surface area contributed by atoms with Gasteiger partial charge in [-0.1, -0.05) is 52.3 Å². The Morgan fingerprint density at radius 3 is 2.52 bits per heavy atom. The van der Waals surface area contributed by atoms with Gasteiger partial charge in [0.1, 0.15) is 5.71 Å². The van der Waals surface area contributed by atoms with Gasteiger partial charge in [-0.3, -0.25) is 9.59 Å². The van der Waals surface area contributed by atoms with Crippen LogP contribution in [0.5, 0.6) is 0 Å². The van der Waals surface area contributed by atoms with E-state index in [-0.39, 0.29) is 24.3 Å². The van der Waals surface area contributed by atoms with Crippen LogP contribution < -0.4 is 10.3 Å². The average Bonchev–Trinajstić information content (AvgIpc) is 2.63. The highest BCUT2D eigenvalue weighted by Gasteiger charge is 2.26. The summed E-state index contributed by atoms with van der Waals surface area (Å²) < 4.78 is 0.939. The van der Waals surface area contributed by atoms with E-state index in [1.54, 1.807) is 12.1 Å². The lowest BCUT2D eigenvalue weighted by Gasteiger charge is -2.24. The maximum absolute atomic E-state index is 12.6. The SMILES string of the molecule is CC(NC(=O)C1=NN(c2ccccc2)C(=O)CC1)c1ccccc1Br. The summed E-state index contributed by atoms with van der Waals surface area (Å²) in [5, 5.41) is 8.54. The second-order valence-electron chi connectivity index (χ2n) is 5.80. The molecule has 2 amide bonds. The summed E-state index contributed by atoms with van der Waals surface area (Å²) >= 11 is 3.50. The number of nitrogens with one attached hydrogen (secondary N) is 1. The van der Waals surface area contributed by atoms with Crippen molar-refractivity contribution in [1.82, 2.24) is 5.32 Å². The summed E-state index contributed by atoms with van der Waals surface area (Å²) in [6.07, 6.45) is 0.612. The molecule has 128 valence electrons. The minimum atomic E-state index is -0.253. The molecule has 0 fully saturated rings. The number of carbonyl (C=O) groups is 2. The predicted octanol–water partition coefficient (Wildman–Crippen LogP) is 3.81. The molecule has 0 aliphatic carbocycles. The Bertz CT molecular complexity index is 820. The van der Waals surface area contributed by atoms with E-state index in [0.717, 1.165) is 10.0 Å². The monoisotopic (exact) mass is 399 g/mol. The van der Waals surface area contributed by atoms with Crippen LogP contribution in [0.2, 0.25) is 0 Å². The van der Waals surface area contributed by atoms with Crippen LogP contribution in [0, 0.1) is 0 Å². The number of carbonyl (C=O) groups excluding carboxylic acids is 2. The molecule has 2 aromatic carbocycles. The van der Waals surface area contributed by atoms with Crippen molar-refractivity contribution in [3.63, 3.8) is 0 Å². The third-order valence-corrected chi connectivity index (χ3v) is 4.74. The number of nitrogens with zero attached hydrogens (tertiary/aromatic N) is 2. The maximum Gasteiger partial charge on any atom is 0.267 e. The van der Waals surface area contributed by atoms with E-state index in [1.165, 1.54) is 5.01 Å². The van der Waals surface area contributed by atoms with Crippen molar-refractivity contribution in [1.29, 1.82) is 0 Å². The number of amides is 2. The summed E-state index contributed by atoms with van der Waals surface area (Å²) in [6.45, 7) is 1.92. The Labute approximate surface area is 154 Å². The third-order valence-electron chi connectivity index (χ3n) is 4.01. The normalized spacial score (nSPS) is 15.5. The van der Waals surface area contributed by atoms with Gasteiger partial charge in [0.05, 0.1) is 11.7 Å². The average molecular weight is 400 g/mol. The highest BCUT2D eigenvalue weighted by atomic mass is 79.9. The number of benzene rings is 2. The van der Waals surface area contributed by atoms with Gasteiger partial charge in [0.15, 0.2) is 0 Å². The van der Waals surface area contributed by atoms with Crippen LogP contribution in [-0.4, -0.2) is 17.5 Å². The molecule has 6 heteroatoms. The number of para-hydroxylation sites is 1. The number of hydrogen-bond donors (Lipinski definition) is 1. The number of rotatable bonds is 4. The molecule has 0 spiro atoms. The summed E-state index contributed by atoms with van der Waals surface area (Å²) in [5.74, 6) is -0.363. The molecule has 1 N–H and O–H groups in total. The molecule has 1 heterocycles. The zero-order valence-corrected chi connectivity index (χ0v) is 15.4. The highest BCUT2D eigenvalue weighted by Crippen LogP contribution is 2.23. The largest absolute Gasteiger partial charge is 0.344 e. The summed E-state index contributed by atoms with van der Waals surface area (Å²) in [7, 11) is 0. The standard InChI is InChI=1S/C19H18BrN3O2/c1-13(15-9-5-6-10-16(15)20)21-19(25)17-11-12-18(24)23(22-17)14-7-3-2-4-8-14/h2-10,13H,11-12H2,1H3,(H,21,25). The van der Waals surface area contributed by atoms with Crippen LogP contribution in [0.4, 0.5) is 5.69 Å². The van der Waals surface area contributed by atoms with Gasteiger partial charge in [-0.2, -0.15) is 5.10 Å². The van der Waals surface area contributed by atoms with Gasteiger partial charge in [-0.15, -0.1) is 0 Å². The molecule has 1 aliphatic heterocycles. The van der Waals surface area contributed by atoms with Crippen LogP contribution in [0.3, 0.4) is 0 Å². The van der Waals surface area contributed by atoms with Crippen LogP contribution in [0.25, 0.3) is 0 Å². The van der Waals surface area contributed by atoms with Crippen molar-refractivity contribution >= 4 is 39.1 Å². The first kappa shape index (κ1) is 17.4. The molecule has 0 bridgehead atoms. The van der Waals surface area contributed by atoms with Crippen molar-refractivity contribution in [2.75, 3.05) is 5.01 Å². The first-order chi connectivity index (χ1) is 12.1. The molecule has 1 aliphatic rings. The molecular weight excluding hydrogens is 382 g/mol. The lowest BCUT2D eigenvalue weighted by molar-refractivity contribution is -0.119. The van der Waals surface area contributed by atoms with Gasteiger partial charge in [-0.05, 0) is 30.7 Å². The van der Waals surface area contributed by atoms with Crippen molar-refractivity contribution in [3.8, 4) is 0 Å². The molecule has 3 rings (SSSR count). The van der Waals surface area contributed by atoms with Gasteiger partial charge in [0.25, 0.3) is 5.91 Å². The minimum absolute atomic E-state index is 0.110. The second kappa shape index (κ2) is 7.61. The summed E-state index contributed by atoms with van der Waals surface area (Å²) in [5.41, 5.74) is 2.02. The fraction of sp³-hybridized carbons (Fsp3) is 0.211. The Balaban J connectivity index is 1.77. The van der Waals surface area contributed by atoms with Crippen LogP contribution in [0.1, 0.15) is 31.4 Å². The first-order valence-electron chi connectivity index (χ1n) is 8.07. The topological polar surface area (TPSA) is 61.8 Å². The zero-order chi connectivity index (χ0) is 17.8. The summed E-state index contributed by atoms with van der Waals surface area (Å²) in [4.78, 5) is 24.7. The van der Waals surface area contributed by atoms with E-state index in [0.29, 0.717) is 17.8 Å². The van der Waals surface area contributed by atoms with Crippen molar-refractivity contribution in [3.05, 3.63) is 64.6 Å². The van der Waals surface area contributed by atoms with Crippen molar-refractivity contribution in [2.45, 2.75) is 25.8 Å². The fourth-order valence-corrected chi connectivity index (χ4v) is 3.30. The number of hydrogen-bond acceptors (Lipinski definition) is 3. The quantitative estimate of drug-likeness (QED) is 0.849. The third kappa shape index (κ3) is 3.96. The van der Waals surface area contributed by atoms with E-state index in [1.807, 2.05) is 49.4 Å². The molecule has 0 radical (unpaired) electrons. The molecular formula is C19H18BrN3O2. The smallest absolute Gasteiger partial charge is 0.267 e. The summed E-state index contributed by atoms with van der Waals surface area (Å²) in [6, 6.07) is 16.7. The van der Waals surface area contributed by atoms with E-state index >= 15 is 0 Å². The molecule has 1 atom stereocenters. The predicted molar refractivity (Wildman–Crippen MR) is 101 cm³/mol. The Morgan fingerprint density at radius 1 is 1.12 bits per heavy atom. The Kier molecular flexibility index (Phi) is 5.28. The molecule has 0 saturated heterocycles. The number of anilines is 1. The van der Waals surface area contributed by atoms with Gasteiger partial charge >= 0.3 is 0 Å². The zero-order valence-electron chi connectivity index (χ0n) is 13.8. The molecule has 0 saturated carbocycles. The lowest BCUT2D eigenvalue weighted by atomic mass is 10.1. The van der Waals surface area contributed by atoms with E-state index in [9.17, 15) is 9.59 Å². The molecule has 25 heavy (non-hydrogen) atoms. The van der Waals surface area contributed by atoms with E-state index in [4.69, 9.17) is 0 Å². The molecule has 5 nitrogen and oxygen atoms in total. The maximum atomic E-state index is 12.6. The second-order valence-corrected chi connectivity index (χ2v) is 6.66. The van der Waals surface area contributed by atoms with Crippen molar-refractivity contribution < 1.29 is 9.59 Å². The van der Waals surface area contributed by atoms with Gasteiger partial charge in [-0.25, -0.2) is 5.01 Å². The highest BCUT2D eigenvalue weighted by molar-refractivity contribution is 9.10. The first-order valence-corrected chi connectivity index (χ1v) is 8.86. The lowest BCUT2D eigenvalue weighted by Crippen LogP contribution is -2.40. The Morgan fingerprint density at radius 2 is 1.80 bits per heavy atom. The van der Waals surface area contributed by atoms with Gasteiger partial charge < -0.3 is 5.32 Å². The molecule has 0 aromatic heterocycles. The number of halogens is 1. The fourth-order valence-electron chi connectivity index (χ4n) is 2.67. The number of hydrazone groups is 1. The molecule has 1 unspecified atom stereocenters. The Hall–Kier alpha value is -2.47. The van der Waals surface area contributed by atoms with Crippen LogP contribution >= 0.6 is 15.9 Å². The molecule has 2 aromatic rings. The van der Waals surface area contributed by atoms with E-state index < -0.39 is 0 Å². The van der Waals surface area contributed by atoms with Crippen LogP contribution in [-0.2, 0) is 9.59 Å². The van der Waals surface area contributed by atoms with Crippen LogP contribution in [0.15, 0.2) is 64.2 Å². The van der Waals surface area contributed by atoms with Gasteiger partial charge in [0, 0.05) is 17.3 Å².